The molecular formula is C16H18N2O. The number of carbonyl (C=O) groups excluding carboxylic acids is 1. The van der Waals surface area contributed by atoms with Gasteiger partial charge in [-0.25, -0.2) is 0 Å². The van der Waals surface area contributed by atoms with Gasteiger partial charge in [0.2, 0.25) is 5.91 Å². The van der Waals surface area contributed by atoms with Crippen molar-refractivity contribution in [2.75, 3.05) is 13.1 Å². The van der Waals surface area contributed by atoms with Crippen molar-refractivity contribution in [3.8, 4) is 0 Å². The molecule has 0 unspecified atom stereocenters. The molecule has 3 nitrogen and oxygen atoms in total. The first-order valence-electron chi connectivity index (χ1n) is 6.82. The summed E-state index contributed by atoms with van der Waals surface area (Å²) in [5.74, 6) is 0.259. The lowest BCUT2D eigenvalue weighted by Crippen LogP contribution is -2.33. The van der Waals surface area contributed by atoms with Gasteiger partial charge in [-0.3, -0.25) is 4.79 Å². The third kappa shape index (κ3) is 2.55. The van der Waals surface area contributed by atoms with Gasteiger partial charge in [-0.05, 0) is 24.5 Å². The van der Waals surface area contributed by atoms with Crippen LogP contribution in [0.1, 0.15) is 18.4 Å². The Morgan fingerprint density at radius 2 is 2.16 bits per heavy atom. The van der Waals surface area contributed by atoms with E-state index in [1.165, 1.54) is 10.9 Å². The van der Waals surface area contributed by atoms with Crippen LogP contribution < -0.4 is 0 Å². The summed E-state index contributed by atoms with van der Waals surface area (Å²) in [6.45, 7) is 1.63. The zero-order valence-electron chi connectivity index (χ0n) is 10.9. The van der Waals surface area contributed by atoms with Gasteiger partial charge in [-0.1, -0.05) is 30.4 Å². The lowest BCUT2D eigenvalue weighted by atomic mass is 10.1. The molecule has 0 spiro atoms. The Bertz CT molecular complexity index is 612. The van der Waals surface area contributed by atoms with Gasteiger partial charge in [0.1, 0.15) is 0 Å². The topological polar surface area (TPSA) is 36.1 Å². The number of carbonyl (C=O) groups is 1. The second kappa shape index (κ2) is 5.31. The first-order chi connectivity index (χ1) is 9.34. The van der Waals surface area contributed by atoms with Crippen LogP contribution in [-0.2, 0) is 11.2 Å². The molecule has 1 aliphatic heterocycles. The van der Waals surface area contributed by atoms with Crippen LogP contribution in [0, 0.1) is 0 Å². The van der Waals surface area contributed by atoms with Gasteiger partial charge in [0.25, 0.3) is 0 Å². The summed E-state index contributed by atoms with van der Waals surface area (Å²) in [5.41, 5.74) is 2.38. The summed E-state index contributed by atoms with van der Waals surface area (Å²) < 4.78 is 0. The van der Waals surface area contributed by atoms with E-state index in [1.54, 1.807) is 0 Å². The predicted molar refractivity (Wildman–Crippen MR) is 77.0 cm³/mol. The number of nitrogens with one attached hydrogen (secondary N) is 1. The van der Waals surface area contributed by atoms with Crippen molar-refractivity contribution in [2.24, 2.45) is 0 Å². The average Bonchev–Trinajstić information content (AvgIpc) is 2.89. The van der Waals surface area contributed by atoms with Crippen molar-refractivity contribution < 1.29 is 4.79 Å². The molecule has 1 amide bonds. The summed E-state index contributed by atoms with van der Waals surface area (Å²) in [5, 5.41) is 1.23. The number of rotatable bonds is 3. The SMILES string of the molecule is O=C(CCc1c[nH]c2ccccc12)N1CC=CCC1. The number of benzene rings is 1. The molecule has 0 atom stereocenters. The molecule has 0 saturated carbocycles. The highest BCUT2D eigenvalue weighted by Gasteiger charge is 2.14. The molecule has 0 bridgehead atoms. The third-order valence-electron chi connectivity index (χ3n) is 3.69. The quantitative estimate of drug-likeness (QED) is 0.840. The Morgan fingerprint density at radius 3 is 3.00 bits per heavy atom. The number of hydrogen-bond acceptors (Lipinski definition) is 1. The summed E-state index contributed by atoms with van der Waals surface area (Å²) in [6, 6.07) is 8.23. The largest absolute Gasteiger partial charge is 0.361 e. The highest BCUT2D eigenvalue weighted by atomic mass is 16.2. The number of para-hydroxylation sites is 1. The van der Waals surface area contributed by atoms with Crippen molar-refractivity contribution in [1.82, 2.24) is 9.88 Å². The van der Waals surface area contributed by atoms with Gasteiger partial charge in [0, 0.05) is 36.6 Å². The fraction of sp³-hybridized carbons (Fsp3) is 0.312. The van der Waals surface area contributed by atoms with Gasteiger partial charge in [0.05, 0.1) is 0 Å². The van der Waals surface area contributed by atoms with Crippen molar-refractivity contribution in [3.05, 3.63) is 48.2 Å². The van der Waals surface area contributed by atoms with E-state index in [9.17, 15) is 4.79 Å². The molecule has 19 heavy (non-hydrogen) atoms. The van der Waals surface area contributed by atoms with Crippen molar-refractivity contribution in [3.63, 3.8) is 0 Å². The van der Waals surface area contributed by atoms with E-state index >= 15 is 0 Å². The first kappa shape index (κ1) is 12.0. The van der Waals surface area contributed by atoms with Crippen LogP contribution in [0.2, 0.25) is 0 Å². The maximum atomic E-state index is 12.1. The van der Waals surface area contributed by atoms with E-state index in [2.05, 4.69) is 29.3 Å². The van der Waals surface area contributed by atoms with E-state index in [4.69, 9.17) is 0 Å². The lowest BCUT2D eigenvalue weighted by Gasteiger charge is -2.23. The van der Waals surface area contributed by atoms with Crippen LogP contribution in [0.15, 0.2) is 42.6 Å². The van der Waals surface area contributed by atoms with E-state index in [0.29, 0.717) is 6.42 Å². The highest BCUT2D eigenvalue weighted by Crippen LogP contribution is 2.19. The molecule has 1 aliphatic rings. The van der Waals surface area contributed by atoms with E-state index < -0.39 is 0 Å². The Kier molecular flexibility index (Phi) is 3.36. The Labute approximate surface area is 112 Å². The standard InChI is InChI=1S/C16H18N2O/c19-16(18-10-4-1-5-11-18)9-8-13-12-17-15-7-3-2-6-14(13)15/h1-4,6-7,12,17H,5,8-11H2. The van der Waals surface area contributed by atoms with Crippen LogP contribution in [0.5, 0.6) is 0 Å². The molecule has 3 heteroatoms. The number of aromatic amines is 1. The van der Waals surface area contributed by atoms with Crippen LogP contribution in [0.4, 0.5) is 0 Å². The molecule has 0 saturated heterocycles. The lowest BCUT2D eigenvalue weighted by molar-refractivity contribution is -0.130. The molecule has 1 aromatic carbocycles. The van der Waals surface area contributed by atoms with Gasteiger partial charge < -0.3 is 9.88 Å². The Morgan fingerprint density at radius 1 is 1.26 bits per heavy atom. The molecule has 0 radical (unpaired) electrons. The fourth-order valence-electron chi connectivity index (χ4n) is 2.61. The average molecular weight is 254 g/mol. The van der Waals surface area contributed by atoms with Gasteiger partial charge >= 0.3 is 0 Å². The molecule has 0 fully saturated rings. The van der Waals surface area contributed by atoms with Crippen LogP contribution in [0.25, 0.3) is 10.9 Å². The van der Waals surface area contributed by atoms with Crippen molar-refractivity contribution in [2.45, 2.75) is 19.3 Å². The normalized spacial score (nSPS) is 15.1. The number of nitrogens with zero attached hydrogens (tertiary/aromatic N) is 1. The Hall–Kier alpha value is -2.03. The number of H-pyrrole nitrogens is 1. The number of hydrogen-bond donors (Lipinski definition) is 1. The van der Waals surface area contributed by atoms with Gasteiger partial charge in [0.15, 0.2) is 0 Å². The second-order valence-corrected chi connectivity index (χ2v) is 4.96. The molecule has 1 aromatic heterocycles. The minimum Gasteiger partial charge on any atom is -0.361 e. The first-order valence-corrected chi connectivity index (χ1v) is 6.82. The van der Waals surface area contributed by atoms with Crippen molar-refractivity contribution >= 4 is 16.8 Å². The summed E-state index contributed by atoms with van der Waals surface area (Å²) in [4.78, 5) is 17.3. The zero-order chi connectivity index (χ0) is 13.1. The van der Waals surface area contributed by atoms with Crippen LogP contribution in [0.3, 0.4) is 0 Å². The summed E-state index contributed by atoms with van der Waals surface area (Å²) in [6.07, 6.45) is 8.63. The molecule has 2 aromatic rings. The minimum absolute atomic E-state index is 0.259. The van der Waals surface area contributed by atoms with E-state index in [0.717, 1.165) is 31.4 Å². The fourth-order valence-corrected chi connectivity index (χ4v) is 2.61. The molecule has 2 heterocycles. The maximum Gasteiger partial charge on any atom is 0.223 e. The number of fused-ring (bicyclic) bond motifs is 1. The highest BCUT2D eigenvalue weighted by molar-refractivity contribution is 5.84. The Balaban J connectivity index is 1.65. The molecule has 1 N–H and O–H groups in total. The van der Waals surface area contributed by atoms with Gasteiger partial charge in [-0.15, -0.1) is 0 Å². The molecular weight excluding hydrogens is 236 g/mol. The molecule has 3 rings (SSSR count). The van der Waals surface area contributed by atoms with Crippen LogP contribution in [-0.4, -0.2) is 28.9 Å². The smallest absolute Gasteiger partial charge is 0.223 e. The monoisotopic (exact) mass is 254 g/mol. The zero-order valence-corrected chi connectivity index (χ0v) is 10.9. The van der Waals surface area contributed by atoms with Gasteiger partial charge in [-0.2, -0.15) is 0 Å². The molecule has 98 valence electrons. The second-order valence-electron chi connectivity index (χ2n) is 4.96. The summed E-state index contributed by atoms with van der Waals surface area (Å²) in [7, 11) is 0. The number of amides is 1. The number of aromatic nitrogens is 1. The van der Waals surface area contributed by atoms with Crippen molar-refractivity contribution in [1.29, 1.82) is 0 Å². The third-order valence-corrected chi connectivity index (χ3v) is 3.69. The molecule has 0 aliphatic carbocycles. The van der Waals surface area contributed by atoms with E-state index in [1.807, 2.05) is 23.2 Å². The summed E-state index contributed by atoms with van der Waals surface area (Å²) >= 11 is 0. The maximum absolute atomic E-state index is 12.1. The minimum atomic E-state index is 0.259. The number of aryl methyl sites for hydroxylation is 1. The van der Waals surface area contributed by atoms with E-state index in [-0.39, 0.29) is 5.91 Å². The van der Waals surface area contributed by atoms with Crippen LogP contribution >= 0.6 is 0 Å². The predicted octanol–water partition coefficient (Wildman–Crippen LogP) is 2.89.